The number of β-amino-alcohol motifs (C(OH)–C–C–N with tert-alkyl or cyclic N) is 1. The standard InChI is InChI=1S/C24H39N3O2S/c1-24(2,3)26-23(29)21-14-13-17-9-7-8-12-20(17)27(21)15-22(28)19(25)16-30-18-10-5-4-6-11-18/h4-6,10-11,17,19-22,28H,7-9,12-16,25H2,1-3H3,(H,26,29)/t17-,19-,20-,21-,22+/m0/s1. The molecule has 0 bridgehead atoms. The van der Waals surface area contributed by atoms with Gasteiger partial charge in [0.2, 0.25) is 5.91 Å². The third-order valence-electron chi connectivity index (χ3n) is 6.38. The first-order valence-electron chi connectivity index (χ1n) is 11.4. The van der Waals surface area contributed by atoms with Gasteiger partial charge in [-0.25, -0.2) is 0 Å². The van der Waals surface area contributed by atoms with E-state index in [1.165, 1.54) is 19.3 Å². The highest BCUT2D eigenvalue weighted by Gasteiger charge is 2.42. The molecule has 1 aliphatic heterocycles. The molecule has 2 aliphatic rings. The Bertz CT molecular complexity index is 679. The van der Waals surface area contributed by atoms with Crippen LogP contribution in [-0.4, -0.2) is 58.0 Å². The molecule has 1 aromatic rings. The first kappa shape index (κ1) is 23.6. The van der Waals surface area contributed by atoms with E-state index in [0.717, 1.165) is 24.2 Å². The predicted octanol–water partition coefficient (Wildman–Crippen LogP) is 3.40. The van der Waals surface area contributed by atoms with Gasteiger partial charge in [-0.1, -0.05) is 31.0 Å². The van der Waals surface area contributed by atoms with Crippen molar-refractivity contribution >= 4 is 17.7 Å². The molecule has 2 fully saturated rings. The van der Waals surface area contributed by atoms with E-state index in [-0.39, 0.29) is 23.5 Å². The molecule has 0 unspecified atom stereocenters. The summed E-state index contributed by atoms with van der Waals surface area (Å²) in [6.45, 7) is 6.53. The summed E-state index contributed by atoms with van der Waals surface area (Å²) < 4.78 is 0. The van der Waals surface area contributed by atoms with Crippen molar-refractivity contribution in [1.29, 1.82) is 0 Å². The van der Waals surface area contributed by atoms with Gasteiger partial charge in [0, 0.05) is 34.8 Å². The molecule has 6 heteroatoms. The Morgan fingerprint density at radius 1 is 1.20 bits per heavy atom. The molecule has 1 saturated heterocycles. The monoisotopic (exact) mass is 433 g/mol. The fraction of sp³-hybridized carbons (Fsp3) is 0.708. The minimum Gasteiger partial charge on any atom is -0.390 e. The van der Waals surface area contributed by atoms with Crippen LogP contribution in [0.1, 0.15) is 59.3 Å². The number of hydrogen-bond acceptors (Lipinski definition) is 5. The lowest BCUT2D eigenvalue weighted by Crippen LogP contribution is -2.62. The molecular weight excluding hydrogens is 394 g/mol. The maximum atomic E-state index is 13.1. The van der Waals surface area contributed by atoms with Gasteiger partial charge < -0.3 is 16.2 Å². The maximum absolute atomic E-state index is 13.1. The van der Waals surface area contributed by atoms with E-state index >= 15 is 0 Å². The van der Waals surface area contributed by atoms with Gasteiger partial charge in [0.15, 0.2) is 0 Å². The number of carbonyl (C=O) groups is 1. The minimum atomic E-state index is -0.646. The highest BCUT2D eigenvalue weighted by molar-refractivity contribution is 7.99. The van der Waals surface area contributed by atoms with E-state index in [2.05, 4.69) is 22.3 Å². The Morgan fingerprint density at radius 3 is 2.60 bits per heavy atom. The van der Waals surface area contributed by atoms with Gasteiger partial charge in [0.25, 0.3) is 0 Å². The van der Waals surface area contributed by atoms with E-state index in [4.69, 9.17) is 5.73 Å². The van der Waals surface area contributed by atoms with Crippen LogP contribution in [0.3, 0.4) is 0 Å². The Kier molecular flexibility index (Phi) is 8.24. The third-order valence-corrected chi connectivity index (χ3v) is 7.54. The topological polar surface area (TPSA) is 78.6 Å². The average Bonchev–Trinajstić information content (AvgIpc) is 2.71. The van der Waals surface area contributed by atoms with E-state index < -0.39 is 6.10 Å². The first-order valence-corrected chi connectivity index (χ1v) is 12.4. The molecule has 1 aromatic carbocycles. The van der Waals surface area contributed by atoms with Gasteiger partial charge in [-0.05, 0) is 64.5 Å². The summed E-state index contributed by atoms with van der Waals surface area (Å²) in [5.41, 5.74) is 6.12. The number of nitrogens with two attached hydrogens (primary N) is 1. The van der Waals surface area contributed by atoms with Crippen molar-refractivity contribution in [3.05, 3.63) is 30.3 Å². The van der Waals surface area contributed by atoms with Gasteiger partial charge in [-0.2, -0.15) is 0 Å². The van der Waals surface area contributed by atoms with Crippen LogP contribution < -0.4 is 11.1 Å². The zero-order chi connectivity index (χ0) is 21.7. The number of hydrogen-bond donors (Lipinski definition) is 3. The van der Waals surface area contributed by atoms with Gasteiger partial charge in [-0.15, -0.1) is 11.8 Å². The Labute approximate surface area is 186 Å². The lowest BCUT2D eigenvalue weighted by molar-refractivity contribution is -0.133. The molecule has 5 atom stereocenters. The Balaban J connectivity index is 1.66. The number of rotatable bonds is 7. The second kappa shape index (κ2) is 10.5. The van der Waals surface area contributed by atoms with Crippen LogP contribution in [0.5, 0.6) is 0 Å². The average molecular weight is 434 g/mol. The maximum Gasteiger partial charge on any atom is 0.237 e. The van der Waals surface area contributed by atoms with Gasteiger partial charge in [0.1, 0.15) is 0 Å². The lowest BCUT2D eigenvalue weighted by atomic mass is 9.76. The molecule has 1 aliphatic carbocycles. The summed E-state index contributed by atoms with van der Waals surface area (Å²) in [5, 5.41) is 14.1. The number of likely N-dealkylation sites (tertiary alicyclic amines) is 1. The largest absolute Gasteiger partial charge is 0.390 e. The second-order valence-electron chi connectivity index (χ2n) is 10.00. The fourth-order valence-corrected chi connectivity index (χ4v) is 5.86. The van der Waals surface area contributed by atoms with Crippen LogP contribution in [0.4, 0.5) is 0 Å². The van der Waals surface area contributed by atoms with E-state index in [0.29, 0.717) is 24.3 Å². The van der Waals surface area contributed by atoms with Crippen molar-refractivity contribution in [3.63, 3.8) is 0 Å². The minimum absolute atomic E-state index is 0.0888. The van der Waals surface area contributed by atoms with Gasteiger partial charge >= 0.3 is 0 Å². The molecule has 0 spiro atoms. The number of nitrogens with zero attached hydrogens (tertiary/aromatic N) is 1. The number of amides is 1. The van der Waals surface area contributed by atoms with Crippen LogP contribution in [0, 0.1) is 5.92 Å². The molecule has 1 heterocycles. The highest BCUT2D eigenvalue weighted by Crippen LogP contribution is 2.38. The number of carbonyl (C=O) groups excluding carboxylic acids is 1. The van der Waals surface area contributed by atoms with Crippen molar-refractivity contribution in [2.75, 3.05) is 12.3 Å². The number of aliphatic hydroxyl groups is 1. The summed E-state index contributed by atoms with van der Waals surface area (Å²) in [7, 11) is 0. The Hall–Kier alpha value is -1.08. The van der Waals surface area contributed by atoms with Crippen molar-refractivity contribution < 1.29 is 9.90 Å². The van der Waals surface area contributed by atoms with E-state index in [1.807, 2.05) is 39.0 Å². The van der Waals surface area contributed by atoms with Crippen LogP contribution >= 0.6 is 11.8 Å². The van der Waals surface area contributed by atoms with Gasteiger partial charge in [-0.3, -0.25) is 9.69 Å². The summed E-state index contributed by atoms with van der Waals surface area (Å²) in [5.74, 6) is 1.39. The van der Waals surface area contributed by atoms with Crippen LogP contribution in [0.2, 0.25) is 0 Å². The summed E-state index contributed by atoms with van der Waals surface area (Å²) in [6.07, 6.45) is 6.16. The molecule has 1 saturated carbocycles. The fourth-order valence-electron chi connectivity index (χ4n) is 4.90. The molecule has 30 heavy (non-hydrogen) atoms. The van der Waals surface area contributed by atoms with Crippen LogP contribution in [0.25, 0.3) is 0 Å². The lowest BCUT2D eigenvalue weighted by Gasteiger charge is -2.49. The molecular formula is C24H39N3O2S. The first-order chi connectivity index (χ1) is 14.2. The SMILES string of the molecule is CC(C)(C)NC(=O)[C@@H]1CC[C@@H]2CCCC[C@@H]2N1C[C@@H](O)[C@@H](N)CSc1ccccc1. The van der Waals surface area contributed by atoms with Crippen LogP contribution in [-0.2, 0) is 4.79 Å². The van der Waals surface area contributed by atoms with Gasteiger partial charge in [0.05, 0.1) is 12.1 Å². The molecule has 1 amide bonds. The highest BCUT2D eigenvalue weighted by atomic mass is 32.2. The predicted molar refractivity (Wildman–Crippen MR) is 125 cm³/mol. The van der Waals surface area contributed by atoms with Crippen molar-refractivity contribution in [2.24, 2.45) is 11.7 Å². The number of thioether (sulfide) groups is 1. The molecule has 0 aromatic heterocycles. The van der Waals surface area contributed by atoms with E-state index in [1.54, 1.807) is 11.8 Å². The summed E-state index contributed by atoms with van der Waals surface area (Å²) in [6, 6.07) is 10.0. The molecule has 3 rings (SSSR count). The zero-order valence-electron chi connectivity index (χ0n) is 18.7. The summed E-state index contributed by atoms with van der Waals surface area (Å²) >= 11 is 1.67. The second-order valence-corrected chi connectivity index (χ2v) is 11.1. The van der Waals surface area contributed by atoms with Crippen LogP contribution in [0.15, 0.2) is 35.2 Å². The number of piperidine rings is 1. The number of fused-ring (bicyclic) bond motifs is 1. The van der Waals surface area contributed by atoms with E-state index in [9.17, 15) is 9.90 Å². The number of nitrogens with one attached hydrogen (secondary N) is 1. The Morgan fingerprint density at radius 2 is 1.90 bits per heavy atom. The van der Waals surface area contributed by atoms with Crippen molar-refractivity contribution in [3.8, 4) is 0 Å². The molecule has 4 N–H and O–H groups in total. The third kappa shape index (κ3) is 6.46. The molecule has 5 nitrogen and oxygen atoms in total. The summed E-state index contributed by atoms with van der Waals surface area (Å²) in [4.78, 5) is 16.5. The van der Waals surface area contributed by atoms with Crippen molar-refractivity contribution in [2.45, 2.75) is 94.0 Å². The normalized spacial score (nSPS) is 27.2. The molecule has 168 valence electrons. The van der Waals surface area contributed by atoms with Crippen molar-refractivity contribution in [1.82, 2.24) is 10.2 Å². The zero-order valence-corrected chi connectivity index (χ0v) is 19.5. The molecule has 0 radical (unpaired) electrons. The number of benzene rings is 1. The quantitative estimate of drug-likeness (QED) is 0.575. The number of aliphatic hydroxyl groups excluding tert-OH is 1. The smallest absolute Gasteiger partial charge is 0.237 e.